The normalized spacial score (nSPS) is 11.9. The highest BCUT2D eigenvalue weighted by molar-refractivity contribution is 5.94. The first-order valence-electron chi connectivity index (χ1n) is 8.41. The van der Waals surface area contributed by atoms with E-state index in [2.05, 4.69) is 24.5 Å². The van der Waals surface area contributed by atoms with Crippen LogP contribution in [-0.2, 0) is 16.0 Å². The summed E-state index contributed by atoms with van der Waals surface area (Å²) in [7, 11) is 0. The maximum absolute atomic E-state index is 12.0. The van der Waals surface area contributed by atoms with Crippen LogP contribution in [0.4, 0.5) is 5.69 Å². The Balaban J connectivity index is 2.42. The zero-order valence-electron chi connectivity index (χ0n) is 14.1. The number of hydrogen-bond donors (Lipinski definition) is 3. The number of carboxylic acids is 1. The molecule has 3 N–H and O–H groups in total. The average molecular weight is 320 g/mol. The fourth-order valence-corrected chi connectivity index (χ4v) is 2.30. The molecule has 0 aliphatic heterocycles. The zero-order chi connectivity index (χ0) is 17.1. The minimum absolute atomic E-state index is 0.0708. The summed E-state index contributed by atoms with van der Waals surface area (Å²) in [6.45, 7) is 4.82. The van der Waals surface area contributed by atoms with E-state index in [4.69, 9.17) is 0 Å². The van der Waals surface area contributed by atoms with Crippen molar-refractivity contribution in [3.63, 3.8) is 0 Å². The quantitative estimate of drug-likeness (QED) is 0.547. The lowest BCUT2D eigenvalue weighted by Crippen LogP contribution is -2.40. The van der Waals surface area contributed by atoms with Gasteiger partial charge in [0, 0.05) is 5.69 Å². The molecule has 0 spiro atoms. The number of unbranched alkanes of at least 4 members (excludes halogenated alkanes) is 3. The highest BCUT2D eigenvalue weighted by atomic mass is 16.4. The van der Waals surface area contributed by atoms with E-state index >= 15 is 0 Å². The van der Waals surface area contributed by atoms with Crippen LogP contribution in [0.5, 0.6) is 0 Å². The molecule has 1 aromatic carbocycles. The fraction of sp³-hybridized carbons (Fsp3) is 0.556. The number of aryl methyl sites for hydroxylation is 1. The molecule has 0 bridgehead atoms. The van der Waals surface area contributed by atoms with E-state index in [1.54, 1.807) is 0 Å². The SMILES string of the molecule is CCCCCCNC(CC(=O)Nc1ccc(CC)cc1)C(=O)O. The van der Waals surface area contributed by atoms with Crippen LogP contribution in [-0.4, -0.2) is 29.6 Å². The van der Waals surface area contributed by atoms with Crippen molar-refractivity contribution in [2.75, 3.05) is 11.9 Å². The van der Waals surface area contributed by atoms with Crippen molar-refractivity contribution in [1.29, 1.82) is 0 Å². The number of carboxylic acid groups (broad SMARTS) is 1. The molecule has 5 nitrogen and oxygen atoms in total. The van der Waals surface area contributed by atoms with Gasteiger partial charge in [-0.2, -0.15) is 0 Å². The van der Waals surface area contributed by atoms with Crippen molar-refractivity contribution >= 4 is 17.6 Å². The molecular weight excluding hydrogens is 292 g/mol. The maximum atomic E-state index is 12.0. The van der Waals surface area contributed by atoms with Crippen molar-refractivity contribution in [2.45, 2.75) is 58.4 Å². The largest absolute Gasteiger partial charge is 0.480 e. The van der Waals surface area contributed by atoms with Crippen LogP contribution in [0.3, 0.4) is 0 Å². The van der Waals surface area contributed by atoms with Gasteiger partial charge in [0.2, 0.25) is 5.91 Å². The Morgan fingerprint density at radius 2 is 1.78 bits per heavy atom. The van der Waals surface area contributed by atoms with Crippen LogP contribution in [0.1, 0.15) is 51.5 Å². The molecule has 23 heavy (non-hydrogen) atoms. The number of nitrogens with one attached hydrogen (secondary N) is 2. The molecule has 0 aliphatic carbocycles. The summed E-state index contributed by atoms with van der Waals surface area (Å²) in [5.74, 6) is -1.28. The van der Waals surface area contributed by atoms with Gasteiger partial charge in [0.25, 0.3) is 0 Å². The molecule has 1 atom stereocenters. The van der Waals surface area contributed by atoms with Gasteiger partial charge in [-0.1, -0.05) is 45.2 Å². The second-order valence-corrected chi connectivity index (χ2v) is 5.71. The lowest BCUT2D eigenvalue weighted by Gasteiger charge is -2.14. The summed E-state index contributed by atoms with van der Waals surface area (Å²) in [5, 5.41) is 14.9. The topological polar surface area (TPSA) is 78.4 Å². The second-order valence-electron chi connectivity index (χ2n) is 5.71. The van der Waals surface area contributed by atoms with Gasteiger partial charge in [-0.25, -0.2) is 0 Å². The molecule has 0 aromatic heterocycles. The molecule has 1 aromatic rings. The van der Waals surface area contributed by atoms with Gasteiger partial charge in [0.05, 0.1) is 6.42 Å². The molecule has 0 saturated heterocycles. The summed E-state index contributed by atoms with van der Waals surface area (Å²) in [6, 6.07) is 6.74. The maximum Gasteiger partial charge on any atom is 0.321 e. The van der Waals surface area contributed by atoms with E-state index in [1.165, 1.54) is 5.56 Å². The Morgan fingerprint density at radius 3 is 2.35 bits per heavy atom. The Hall–Kier alpha value is -1.88. The van der Waals surface area contributed by atoms with E-state index in [9.17, 15) is 14.7 Å². The number of rotatable bonds is 11. The number of amides is 1. The minimum atomic E-state index is -0.989. The van der Waals surface area contributed by atoms with Crippen molar-refractivity contribution in [2.24, 2.45) is 0 Å². The number of anilines is 1. The molecule has 0 radical (unpaired) electrons. The number of benzene rings is 1. The number of carbonyl (C=O) groups excluding carboxylic acids is 1. The van der Waals surface area contributed by atoms with Crippen LogP contribution in [0, 0.1) is 0 Å². The van der Waals surface area contributed by atoms with Crippen molar-refractivity contribution < 1.29 is 14.7 Å². The molecule has 0 aliphatic rings. The summed E-state index contributed by atoms with van der Waals surface area (Å²) in [5.41, 5.74) is 1.89. The van der Waals surface area contributed by atoms with Crippen LogP contribution in [0.25, 0.3) is 0 Å². The third kappa shape index (κ3) is 7.79. The first-order chi connectivity index (χ1) is 11.1. The van der Waals surface area contributed by atoms with Gasteiger partial charge in [0.15, 0.2) is 0 Å². The molecule has 5 heteroatoms. The van der Waals surface area contributed by atoms with E-state index < -0.39 is 12.0 Å². The molecule has 1 unspecified atom stereocenters. The lowest BCUT2D eigenvalue weighted by atomic mass is 10.1. The van der Waals surface area contributed by atoms with Gasteiger partial charge in [-0.15, -0.1) is 0 Å². The summed E-state index contributed by atoms with van der Waals surface area (Å²) < 4.78 is 0. The smallest absolute Gasteiger partial charge is 0.321 e. The van der Waals surface area contributed by atoms with E-state index in [0.717, 1.165) is 32.1 Å². The molecule has 128 valence electrons. The zero-order valence-corrected chi connectivity index (χ0v) is 14.1. The number of hydrogen-bond acceptors (Lipinski definition) is 3. The van der Waals surface area contributed by atoms with Crippen molar-refractivity contribution in [3.05, 3.63) is 29.8 Å². The fourth-order valence-electron chi connectivity index (χ4n) is 2.30. The van der Waals surface area contributed by atoms with Crippen molar-refractivity contribution in [3.8, 4) is 0 Å². The summed E-state index contributed by atoms with van der Waals surface area (Å²) in [4.78, 5) is 23.3. The Morgan fingerprint density at radius 1 is 1.09 bits per heavy atom. The Labute approximate surface area is 138 Å². The van der Waals surface area contributed by atoms with Gasteiger partial charge in [-0.3, -0.25) is 9.59 Å². The van der Waals surface area contributed by atoms with E-state index in [1.807, 2.05) is 24.3 Å². The van der Waals surface area contributed by atoms with Crippen LogP contribution in [0.2, 0.25) is 0 Å². The predicted molar refractivity (Wildman–Crippen MR) is 92.6 cm³/mol. The van der Waals surface area contributed by atoms with Gasteiger partial charge in [-0.05, 0) is 37.1 Å². The molecule has 0 fully saturated rings. The molecule has 0 heterocycles. The Bertz CT molecular complexity index is 486. The summed E-state index contributed by atoms with van der Waals surface area (Å²) >= 11 is 0. The van der Waals surface area contributed by atoms with Crippen molar-refractivity contribution in [1.82, 2.24) is 5.32 Å². The standard InChI is InChI=1S/C18H28N2O3/c1-3-5-6-7-12-19-16(18(22)23)13-17(21)20-15-10-8-14(4-2)9-11-15/h8-11,16,19H,3-7,12-13H2,1-2H3,(H,20,21)(H,22,23). The van der Waals surface area contributed by atoms with E-state index in [0.29, 0.717) is 12.2 Å². The summed E-state index contributed by atoms with van der Waals surface area (Å²) in [6.07, 6.45) is 5.16. The second kappa shape index (κ2) is 10.8. The monoisotopic (exact) mass is 320 g/mol. The molecular formula is C18H28N2O3. The average Bonchev–Trinajstić information content (AvgIpc) is 2.54. The van der Waals surface area contributed by atoms with Crippen LogP contribution >= 0.6 is 0 Å². The van der Waals surface area contributed by atoms with E-state index in [-0.39, 0.29) is 12.3 Å². The lowest BCUT2D eigenvalue weighted by molar-refractivity contribution is -0.141. The number of aliphatic carboxylic acids is 1. The van der Waals surface area contributed by atoms with Gasteiger partial charge in [0.1, 0.15) is 6.04 Å². The highest BCUT2D eigenvalue weighted by Crippen LogP contribution is 2.10. The minimum Gasteiger partial charge on any atom is -0.480 e. The van der Waals surface area contributed by atoms with Crippen LogP contribution in [0.15, 0.2) is 24.3 Å². The van der Waals surface area contributed by atoms with Crippen LogP contribution < -0.4 is 10.6 Å². The first-order valence-corrected chi connectivity index (χ1v) is 8.41. The predicted octanol–water partition coefficient (Wildman–Crippen LogP) is 3.20. The third-order valence-electron chi connectivity index (χ3n) is 3.75. The first kappa shape index (κ1) is 19.2. The van der Waals surface area contributed by atoms with Gasteiger partial charge < -0.3 is 15.7 Å². The number of carbonyl (C=O) groups is 2. The van der Waals surface area contributed by atoms with Gasteiger partial charge >= 0.3 is 5.97 Å². The highest BCUT2D eigenvalue weighted by Gasteiger charge is 2.20. The molecule has 1 rings (SSSR count). The Kier molecular flexibility index (Phi) is 8.98. The molecule has 1 amide bonds. The third-order valence-corrected chi connectivity index (χ3v) is 3.75. The molecule has 0 saturated carbocycles.